The number of carbonyl (C=O) groups excluding carboxylic acids is 1. The number of benzene rings is 1. The molecule has 106 valence electrons. The standard InChI is InChI=1S/C15H17ClN2O2/c1-15(2,3)13-9-12(18(4)17-13)14(19)20-11-7-5-6-10(16)8-11/h5-9H,1-4H3. The number of esters is 1. The molecule has 0 saturated carbocycles. The Kier molecular flexibility index (Phi) is 3.86. The summed E-state index contributed by atoms with van der Waals surface area (Å²) in [6, 6.07) is 8.49. The fourth-order valence-electron chi connectivity index (χ4n) is 1.71. The third kappa shape index (κ3) is 3.20. The molecule has 0 amide bonds. The van der Waals surface area contributed by atoms with Crippen molar-refractivity contribution < 1.29 is 9.53 Å². The van der Waals surface area contributed by atoms with Gasteiger partial charge in [-0.3, -0.25) is 4.68 Å². The van der Waals surface area contributed by atoms with Gasteiger partial charge in [0.1, 0.15) is 11.4 Å². The van der Waals surface area contributed by atoms with Crippen LogP contribution in [0.15, 0.2) is 30.3 Å². The first-order valence-corrected chi connectivity index (χ1v) is 6.67. The molecule has 20 heavy (non-hydrogen) atoms. The average Bonchev–Trinajstić information content (AvgIpc) is 2.71. The van der Waals surface area contributed by atoms with Gasteiger partial charge in [-0.1, -0.05) is 38.4 Å². The Bertz CT molecular complexity index is 642. The Morgan fingerprint density at radius 3 is 2.55 bits per heavy atom. The average molecular weight is 293 g/mol. The highest BCUT2D eigenvalue weighted by molar-refractivity contribution is 6.30. The molecule has 0 aliphatic heterocycles. The number of nitrogens with zero attached hydrogens (tertiary/aromatic N) is 2. The molecule has 2 aromatic rings. The van der Waals surface area contributed by atoms with Crippen LogP contribution in [0.25, 0.3) is 0 Å². The summed E-state index contributed by atoms with van der Waals surface area (Å²) in [6.07, 6.45) is 0. The predicted octanol–water partition coefficient (Wildman–Crippen LogP) is 3.59. The van der Waals surface area contributed by atoms with Crippen LogP contribution in [0.1, 0.15) is 37.0 Å². The molecular formula is C15H17ClN2O2. The van der Waals surface area contributed by atoms with Crippen molar-refractivity contribution in [1.29, 1.82) is 0 Å². The SMILES string of the molecule is Cn1nc(C(C)(C)C)cc1C(=O)Oc1cccc(Cl)c1. The summed E-state index contributed by atoms with van der Waals surface area (Å²) in [5.74, 6) is -0.0289. The minimum atomic E-state index is -0.447. The molecule has 0 N–H and O–H groups in total. The maximum Gasteiger partial charge on any atom is 0.361 e. The van der Waals surface area contributed by atoms with E-state index in [0.29, 0.717) is 16.5 Å². The van der Waals surface area contributed by atoms with Crippen molar-refractivity contribution in [3.05, 3.63) is 46.7 Å². The summed E-state index contributed by atoms with van der Waals surface area (Å²) in [6.45, 7) is 6.13. The molecule has 0 bridgehead atoms. The van der Waals surface area contributed by atoms with E-state index >= 15 is 0 Å². The second-order valence-corrected chi connectivity index (χ2v) is 6.07. The van der Waals surface area contributed by atoms with Gasteiger partial charge in [-0.05, 0) is 24.3 Å². The van der Waals surface area contributed by atoms with Crippen molar-refractivity contribution >= 4 is 17.6 Å². The molecule has 0 fully saturated rings. The van der Waals surface area contributed by atoms with Crippen LogP contribution in [0.5, 0.6) is 5.75 Å². The van der Waals surface area contributed by atoms with Gasteiger partial charge in [-0.25, -0.2) is 4.79 Å². The topological polar surface area (TPSA) is 44.1 Å². The molecule has 1 heterocycles. The Morgan fingerprint density at radius 1 is 1.30 bits per heavy atom. The second kappa shape index (κ2) is 5.29. The number of carbonyl (C=O) groups is 1. The minimum absolute atomic E-state index is 0.119. The van der Waals surface area contributed by atoms with Crippen LogP contribution in [0.3, 0.4) is 0 Å². The van der Waals surface area contributed by atoms with Crippen molar-refractivity contribution in [2.24, 2.45) is 7.05 Å². The molecule has 2 rings (SSSR count). The maximum absolute atomic E-state index is 12.2. The quantitative estimate of drug-likeness (QED) is 0.627. The van der Waals surface area contributed by atoms with E-state index in [1.165, 1.54) is 4.68 Å². The van der Waals surface area contributed by atoms with Gasteiger partial charge in [-0.2, -0.15) is 5.10 Å². The smallest absolute Gasteiger partial charge is 0.361 e. The zero-order valence-corrected chi connectivity index (χ0v) is 12.7. The fraction of sp³-hybridized carbons (Fsp3) is 0.333. The first-order chi connectivity index (χ1) is 9.27. The highest BCUT2D eigenvalue weighted by Gasteiger charge is 2.22. The fourth-order valence-corrected chi connectivity index (χ4v) is 1.89. The lowest BCUT2D eigenvalue weighted by atomic mass is 9.92. The molecule has 4 nitrogen and oxygen atoms in total. The number of hydrogen-bond acceptors (Lipinski definition) is 3. The molecule has 0 spiro atoms. The molecule has 1 aromatic heterocycles. The molecule has 5 heteroatoms. The molecule has 0 aliphatic carbocycles. The summed E-state index contributed by atoms with van der Waals surface area (Å²) < 4.78 is 6.84. The van der Waals surface area contributed by atoms with Crippen molar-refractivity contribution in [2.45, 2.75) is 26.2 Å². The van der Waals surface area contributed by atoms with Gasteiger partial charge in [-0.15, -0.1) is 0 Å². The lowest BCUT2D eigenvalue weighted by molar-refractivity contribution is 0.0723. The monoisotopic (exact) mass is 292 g/mol. The second-order valence-electron chi connectivity index (χ2n) is 5.64. The van der Waals surface area contributed by atoms with Crippen LogP contribution < -0.4 is 4.74 Å². The first-order valence-electron chi connectivity index (χ1n) is 6.29. The number of aromatic nitrogens is 2. The lowest BCUT2D eigenvalue weighted by Gasteiger charge is -2.13. The number of hydrogen-bond donors (Lipinski definition) is 0. The van der Waals surface area contributed by atoms with E-state index in [9.17, 15) is 4.79 Å². The van der Waals surface area contributed by atoms with E-state index in [1.807, 2.05) is 20.8 Å². The van der Waals surface area contributed by atoms with E-state index in [1.54, 1.807) is 37.4 Å². The third-order valence-corrected chi connectivity index (χ3v) is 3.10. The predicted molar refractivity (Wildman–Crippen MR) is 78.3 cm³/mol. The van der Waals surface area contributed by atoms with Crippen molar-refractivity contribution in [3.63, 3.8) is 0 Å². The van der Waals surface area contributed by atoms with Gasteiger partial charge in [0, 0.05) is 17.5 Å². The molecule has 0 radical (unpaired) electrons. The number of ether oxygens (including phenoxy) is 1. The third-order valence-electron chi connectivity index (χ3n) is 2.86. The van der Waals surface area contributed by atoms with Crippen LogP contribution in [0, 0.1) is 0 Å². The number of aryl methyl sites for hydroxylation is 1. The van der Waals surface area contributed by atoms with Gasteiger partial charge in [0.15, 0.2) is 0 Å². The van der Waals surface area contributed by atoms with Crippen LogP contribution in [0.2, 0.25) is 5.02 Å². The molecule has 0 saturated heterocycles. The molecule has 1 aromatic carbocycles. The summed E-state index contributed by atoms with van der Waals surface area (Å²) in [5, 5.41) is 4.88. The van der Waals surface area contributed by atoms with E-state index < -0.39 is 5.97 Å². The molecule has 0 unspecified atom stereocenters. The van der Waals surface area contributed by atoms with Gasteiger partial charge >= 0.3 is 5.97 Å². The molecule has 0 atom stereocenters. The van der Waals surface area contributed by atoms with E-state index in [4.69, 9.17) is 16.3 Å². The number of rotatable bonds is 2. The summed E-state index contributed by atoms with van der Waals surface area (Å²) in [4.78, 5) is 12.2. The van der Waals surface area contributed by atoms with Crippen molar-refractivity contribution in [1.82, 2.24) is 9.78 Å². The molecule has 0 aliphatic rings. The van der Waals surface area contributed by atoms with E-state index in [0.717, 1.165) is 5.69 Å². The summed E-state index contributed by atoms with van der Waals surface area (Å²) >= 11 is 5.86. The largest absolute Gasteiger partial charge is 0.422 e. The zero-order valence-electron chi connectivity index (χ0n) is 12.0. The van der Waals surface area contributed by atoms with E-state index in [-0.39, 0.29) is 5.41 Å². The van der Waals surface area contributed by atoms with Gasteiger partial charge in [0.05, 0.1) is 5.69 Å². The highest BCUT2D eigenvalue weighted by Crippen LogP contribution is 2.23. The summed E-state index contributed by atoms with van der Waals surface area (Å²) in [5.41, 5.74) is 1.14. The van der Waals surface area contributed by atoms with Crippen LogP contribution >= 0.6 is 11.6 Å². The van der Waals surface area contributed by atoms with Gasteiger partial charge in [0.2, 0.25) is 0 Å². The van der Waals surface area contributed by atoms with Gasteiger partial charge in [0.25, 0.3) is 0 Å². The van der Waals surface area contributed by atoms with Crippen molar-refractivity contribution in [2.75, 3.05) is 0 Å². The maximum atomic E-state index is 12.2. The summed E-state index contributed by atoms with van der Waals surface area (Å²) in [7, 11) is 1.73. The highest BCUT2D eigenvalue weighted by atomic mass is 35.5. The Morgan fingerprint density at radius 2 is 2.00 bits per heavy atom. The van der Waals surface area contributed by atoms with Crippen LogP contribution in [-0.2, 0) is 12.5 Å². The first kappa shape index (κ1) is 14.6. The van der Waals surface area contributed by atoms with E-state index in [2.05, 4.69) is 5.10 Å². The Labute approximate surface area is 123 Å². The number of halogens is 1. The minimum Gasteiger partial charge on any atom is -0.422 e. The molecular weight excluding hydrogens is 276 g/mol. The lowest BCUT2D eigenvalue weighted by Crippen LogP contribution is -2.13. The normalized spacial score (nSPS) is 11.4. The van der Waals surface area contributed by atoms with Gasteiger partial charge < -0.3 is 4.74 Å². The Balaban J connectivity index is 2.24. The van der Waals surface area contributed by atoms with Crippen LogP contribution in [-0.4, -0.2) is 15.7 Å². The Hall–Kier alpha value is -1.81. The van der Waals surface area contributed by atoms with Crippen LogP contribution in [0.4, 0.5) is 0 Å². The zero-order chi connectivity index (χ0) is 14.9. The van der Waals surface area contributed by atoms with Crippen molar-refractivity contribution in [3.8, 4) is 5.75 Å².